The second kappa shape index (κ2) is 8.18. The molecule has 9 heteroatoms. The molecule has 0 spiro atoms. The van der Waals surface area contributed by atoms with Crippen LogP contribution in [0.25, 0.3) is 11.3 Å². The molecule has 0 aliphatic carbocycles. The van der Waals surface area contributed by atoms with Gasteiger partial charge in [0.15, 0.2) is 0 Å². The summed E-state index contributed by atoms with van der Waals surface area (Å²) in [6.07, 6.45) is 2.78. The zero-order valence-electron chi connectivity index (χ0n) is 15.1. The van der Waals surface area contributed by atoms with Gasteiger partial charge >= 0.3 is 0 Å². The first-order valence-electron chi connectivity index (χ1n) is 8.96. The fraction of sp³-hybridized carbons (Fsp3) is 0.444. The maximum Gasteiger partial charge on any atom is 0.269 e. The number of sulfonamides is 1. The Morgan fingerprint density at radius 3 is 2.78 bits per heavy atom. The number of hydrogen-bond donors (Lipinski definition) is 2. The number of benzene rings is 1. The van der Waals surface area contributed by atoms with Crippen LogP contribution in [0.2, 0.25) is 0 Å². The van der Waals surface area contributed by atoms with Crippen molar-refractivity contribution < 1.29 is 17.6 Å². The molecule has 3 rings (SSSR count). The Labute approximate surface area is 158 Å². The number of H-pyrrole nitrogens is 1. The van der Waals surface area contributed by atoms with Gasteiger partial charge in [0.1, 0.15) is 11.5 Å². The molecule has 146 valence electrons. The Morgan fingerprint density at radius 1 is 1.33 bits per heavy atom. The van der Waals surface area contributed by atoms with Gasteiger partial charge in [0.2, 0.25) is 10.0 Å². The van der Waals surface area contributed by atoms with Crippen LogP contribution in [0.3, 0.4) is 0 Å². The fourth-order valence-corrected chi connectivity index (χ4v) is 4.85. The van der Waals surface area contributed by atoms with Gasteiger partial charge in [-0.15, -0.1) is 0 Å². The van der Waals surface area contributed by atoms with Crippen LogP contribution in [0.15, 0.2) is 30.3 Å². The first-order valence-corrected chi connectivity index (χ1v) is 10.6. The molecule has 1 unspecified atom stereocenters. The van der Waals surface area contributed by atoms with Gasteiger partial charge in [0.25, 0.3) is 5.91 Å². The topological polar surface area (TPSA) is 95.2 Å². The number of piperidine rings is 1. The molecule has 1 aromatic carbocycles. The third-order valence-electron chi connectivity index (χ3n) is 4.71. The second-order valence-corrected chi connectivity index (χ2v) is 8.74. The van der Waals surface area contributed by atoms with Gasteiger partial charge in [0.05, 0.1) is 11.4 Å². The van der Waals surface area contributed by atoms with E-state index in [1.807, 2.05) is 6.92 Å². The van der Waals surface area contributed by atoms with Crippen molar-refractivity contribution in [1.82, 2.24) is 19.8 Å². The number of halogens is 1. The number of carbonyl (C=O) groups is 1. The van der Waals surface area contributed by atoms with Crippen molar-refractivity contribution >= 4 is 15.9 Å². The first-order chi connectivity index (χ1) is 12.9. The van der Waals surface area contributed by atoms with Crippen LogP contribution < -0.4 is 5.32 Å². The summed E-state index contributed by atoms with van der Waals surface area (Å²) < 4.78 is 39.4. The molecule has 1 fully saturated rings. The van der Waals surface area contributed by atoms with Crippen LogP contribution in [0.1, 0.15) is 36.7 Å². The minimum Gasteiger partial charge on any atom is -0.350 e. The number of nitrogens with zero attached hydrogens (tertiary/aromatic N) is 2. The predicted octanol–water partition coefficient (Wildman–Crippen LogP) is 2.15. The summed E-state index contributed by atoms with van der Waals surface area (Å²) in [4.78, 5) is 12.2. The van der Waals surface area contributed by atoms with E-state index < -0.39 is 15.9 Å². The molecular formula is C18H23FN4O3S. The maximum absolute atomic E-state index is 13.0. The summed E-state index contributed by atoms with van der Waals surface area (Å²) in [6, 6.07) is 7.32. The molecule has 1 aromatic heterocycles. The van der Waals surface area contributed by atoms with Crippen molar-refractivity contribution in [3.8, 4) is 11.3 Å². The minimum absolute atomic E-state index is 0.00493. The Bertz CT molecular complexity index is 896. The summed E-state index contributed by atoms with van der Waals surface area (Å²) in [7, 11) is -3.39. The molecule has 27 heavy (non-hydrogen) atoms. The van der Waals surface area contributed by atoms with Crippen LogP contribution in [0.4, 0.5) is 4.39 Å². The third-order valence-corrected chi connectivity index (χ3v) is 6.68. The van der Waals surface area contributed by atoms with Crippen LogP contribution >= 0.6 is 0 Å². The average Bonchev–Trinajstić information content (AvgIpc) is 3.12. The number of aromatic amines is 1. The highest BCUT2D eigenvalue weighted by Gasteiger charge is 2.29. The van der Waals surface area contributed by atoms with Crippen molar-refractivity contribution in [1.29, 1.82) is 0 Å². The van der Waals surface area contributed by atoms with E-state index in [4.69, 9.17) is 0 Å². The van der Waals surface area contributed by atoms with E-state index in [1.54, 1.807) is 18.2 Å². The zero-order valence-corrected chi connectivity index (χ0v) is 15.9. The monoisotopic (exact) mass is 394 g/mol. The van der Waals surface area contributed by atoms with Gasteiger partial charge in [-0.1, -0.05) is 6.42 Å². The second-order valence-electron chi connectivity index (χ2n) is 6.70. The van der Waals surface area contributed by atoms with E-state index in [2.05, 4.69) is 15.5 Å². The van der Waals surface area contributed by atoms with Gasteiger partial charge in [-0.25, -0.2) is 12.8 Å². The van der Waals surface area contributed by atoms with Crippen LogP contribution in [-0.4, -0.2) is 53.7 Å². The van der Waals surface area contributed by atoms with E-state index in [1.165, 1.54) is 16.4 Å². The van der Waals surface area contributed by atoms with Crippen molar-refractivity contribution in [2.45, 2.75) is 32.2 Å². The number of hydrogen-bond acceptors (Lipinski definition) is 4. The normalized spacial score (nSPS) is 18.4. The lowest BCUT2D eigenvalue weighted by molar-refractivity contribution is 0.0951. The van der Waals surface area contributed by atoms with E-state index in [0.29, 0.717) is 17.8 Å². The van der Waals surface area contributed by atoms with Crippen molar-refractivity contribution in [2.75, 3.05) is 18.8 Å². The first kappa shape index (κ1) is 19.5. The largest absolute Gasteiger partial charge is 0.350 e. The summed E-state index contributed by atoms with van der Waals surface area (Å²) in [5.41, 5.74) is 1.40. The number of carbonyl (C=O) groups excluding carboxylic acids is 1. The Balaban J connectivity index is 1.56. The van der Waals surface area contributed by atoms with E-state index in [-0.39, 0.29) is 29.9 Å². The molecule has 1 saturated heterocycles. The number of rotatable bonds is 6. The van der Waals surface area contributed by atoms with Crippen molar-refractivity contribution in [3.63, 3.8) is 0 Å². The number of amides is 1. The molecule has 2 N–H and O–H groups in total. The van der Waals surface area contributed by atoms with E-state index in [9.17, 15) is 17.6 Å². The molecule has 0 saturated carbocycles. The van der Waals surface area contributed by atoms with Crippen LogP contribution in [-0.2, 0) is 10.0 Å². The number of nitrogens with one attached hydrogen (secondary N) is 2. The molecular weight excluding hydrogens is 371 g/mol. The highest BCUT2D eigenvalue weighted by atomic mass is 32.2. The van der Waals surface area contributed by atoms with Gasteiger partial charge in [0, 0.05) is 24.7 Å². The quantitative estimate of drug-likeness (QED) is 0.785. The molecule has 1 atom stereocenters. The molecule has 7 nitrogen and oxygen atoms in total. The molecule has 1 aliphatic rings. The maximum atomic E-state index is 13.0. The highest BCUT2D eigenvalue weighted by molar-refractivity contribution is 7.89. The van der Waals surface area contributed by atoms with Crippen LogP contribution in [0, 0.1) is 5.82 Å². The average molecular weight is 394 g/mol. The van der Waals surface area contributed by atoms with E-state index in [0.717, 1.165) is 19.3 Å². The highest BCUT2D eigenvalue weighted by Crippen LogP contribution is 2.20. The van der Waals surface area contributed by atoms with Gasteiger partial charge in [-0.3, -0.25) is 9.89 Å². The molecule has 1 amide bonds. The minimum atomic E-state index is -3.39. The van der Waals surface area contributed by atoms with Gasteiger partial charge in [-0.2, -0.15) is 9.40 Å². The zero-order chi connectivity index (χ0) is 19.4. The smallest absolute Gasteiger partial charge is 0.269 e. The number of aromatic nitrogens is 2. The SMILES string of the molecule is CC1CCCCN1S(=O)(=O)CCNC(=O)c1cc(-c2ccc(F)cc2)n[nH]1. The lowest BCUT2D eigenvalue weighted by Crippen LogP contribution is -2.45. The Morgan fingerprint density at radius 2 is 2.07 bits per heavy atom. The summed E-state index contributed by atoms with van der Waals surface area (Å²) in [5.74, 6) is -0.920. The van der Waals surface area contributed by atoms with Crippen LogP contribution in [0.5, 0.6) is 0 Å². The lowest BCUT2D eigenvalue weighted by atomic mass is 10.1. The molecule has 0 bridgehead atoms. The summed E-state index contributed by atoms with van der Waals surface area (Å²) in [5, 5.41) is 9.27. The lowest BCUT2D eigenvalue weighted by Gasteiger charge is -2.32. The van der Waals surface area contributed by atoms with Crippen molar-refractivity contribution in [2.24, 2.45) is 0 Å². The Hall–Kier alpha value is -2.26. The molecule has 2 heterocycles. The van der Waals surface area contributed by atoms with Gasteiger partial charge in [-0.05, 0) is 50.1 Å². The molecule has 0 radical (unpaired) electrons. The third kappa shape index (κ3) is 4.72. The van der Waals surface area contributed by atoms with Gasteiger partial charge < -0.3 is 5.32 Å². The van der Waals surface area contributed by atoms with Crippen molar-refractivity contribution in [3.05, 3.63) is 41.8 Å². The fourth-order valence-electron chi connectivity index (χ4n) is 3.20. The Kier molecular flexibility index (Phi) is 5.91. The molecule has 2 aromatic rings. The predicted molar refractivity (Wildman–Crippen MR) is 100 cm³/mol. The standard InChI is InChI=1S/C18H23FN4O3S/c1-13-4-2-3-10-23(13)27(25,26)11-9-20-18(24)17-12-16(21-22-17)14-5-7-15(19)8-6-14/h5-8,12-13H,2-4,9-11H2,1H3,(H,20,24)(H,21,22). The van der Waals surface area contributed by atoms with E-state index >= 15 is 0 Å². The summed E-state index contributed by atoms with van der Waals surface area (Å²) >= 11 is 0. The summed E-state index contributed by atoms with van der Waals surface area (Å²) in [6.45, 7) is 2.48. The molecule has 1 aliphatic heterocycles.